The van der Waals surface area contributed by atoms with Crippen LogP contribution in [0, 0.1) is 6.92 Å². The van der Waals surface area contributed by atoms with E-state index in [0.29, 0.717) is 12.3 Å². The zero-order valence-electron chi connectivity index (χ0n) is 8.60. The third-order valence-electron chi connectivity index (χ3n) is 1.94. The molecule has 5 nitrogen and oxygen atoms in total. The van der Waals surface area contributed by atoms with Crippen LogP contribution in [0.3, 0.4) is 0 Å². The van der Waals surface area contributed by atoms with Crippen molar-refractivity contribution in [1.29, 1.82) is 0 Å². The fraction of sp³-hybridized carbons (Fsp3) is 0.300. The number of carbonyl (C=O) groups excluding carboxylic acids is 1. The van der Waals surface area contributed by atoms with Gasteiger partial charge in [-0.05, 0) is 26.0 Å². The fourth-order valence-electron chi connectivity index (χ4n) is 1.28. The zero-order chi connectivity index (χ0) is 10.8. The first-order valence-electron chi connectivity index (χ1n) is 4.71. The van der Waals surface area contributed by atoms with Crippen molar-refractivity contribution in [3.8, 4) is 0 Å². The van der Waals surface area contributed by atoms with Crippen LogP contribution in [0.5, 0.6) is 0 Å². The summed E-state index contributed by atoms with van der Waals surface area (Å²) in [7, 11) is 0. The van der Waals surface area contributed by atoms with E-state index in [1.54, 1.807) is 17.6 Å². The number of esters is 1. The van der Waals surface area contributed by atoms with Crippen LogP contribution in [-0.4, -0.2) is 27.2 Å². The van der Waals surface area contributed by atoms with E-state index in [4.69, 9.17) is 4.74 Å². The highest BCUT2D eigenvalue weighted by molar-refractivity contribution is 5.87. The van der Waals surface area contributed by atoms with E-state index in [-0.39, 0.29) is 5.69 Å². The van der Waals surface area contributed by atoms with Crippen LogP contribution in [0.25, 0.3) is 5.65 Å². The lowest BCUT2D eigenvalue weighted by Crippen LogP contribution is -2.04. The topological polar surface area (TPSA) is 56.5 Å². The number of aromatic nitrogens is 3. The maximum absolute atomic E-state index is 11.4. The lowest BCUT2D eigenvalue weighted by atomic mass is 10.4. The maximum atomic E-state index is 11.4. The molecule has 2 heterocycles. The molecule has 0 unspecified atom stereocenters. The molecule has 15 heavy (non-hydrogen) atoms. The zero-order valence-corrected chi connectivity index (χ0v) is 8.60. The number of nitrogens with zero attached hydrogens (tertiary/aromatic N) is 3. The molecule has 5 heteroatoms. The summed E-state index contributed by atoms with van der Waals surface area (Å²) in [4.78, 5) is 15.5. The van der Waals surface area contributed by atoms with Gasteiger partial charge in [0, 0.05) is 0 Å². The molecule has 2 rings (SSSR count). The molecule has 0 atom stereocenters. The molecule has 0 saturated carbocycles. The van der Waals surface area contributed by atoms with Crippen LogP contribution in [-0.2, 0) is 4.74 Å². The van der Waals surface area contributed by atoms with Gasteiger partial charge in [-0.1, -0.05) is 0 Å². The number of hydrogen-bond acceptors (Lipinski definition) is 4. The molecule has 0 radical (unpaired) electrons. The first kappa shape index (κ1) is 9.64. The predicted octanol–water partition coefficient (Wildman–Crippen LogP) is 1.21. The molecule has 0 aliphatic heterocycles. The van der Waals surface area contributed by atoms with Crippen molar-refractivity contribution in [2.75, 3.05) is 6.61 Å². The van der Waals surface area contributed by atoms with Crippen LogP contribution in [0.15, 0.2) is 18.3 Å². The summed E-state index contributed by atoms with van der Waals surface area (Å²) >= 11 is 0. The molecule has 2 aromatic heterocycles. The number of hydrogen-bond donors (Lipinski definition) is 0. The van der Waals surface area contributed by atoms with Gasteiger partial charge >= 0.3 is 5.97 Å². The van der Waals surface area contributed by atoms with Crippen molar-refractivity contribution in [3.05, 3.63) is 29.7 Å². The van der Waals surface area contributed by atoms with Crippen molar-refractivity contribution >= 4 is 11.6 Å². The van der Waals surface area contributed by atoms with E-state index in [0.717, 1.165) is 5.69 Å². The van der Waals surface area contributed by atoms with Crippen LogP contribution in [0.2, 0.25) is 0 Å². The molecule has 0 aliphatic carbocycles. The summed E-state index contributed by atoms with van der Waals surface area (Å²) < 4.78 is 6.42. The van der Waals surface area contributed by atoms with E-state index >= 15 is 0 Å². The van der Waals surface area contributed by atoms with Gasteiger partial charge < -0.3 is 4.74 Å². The smallest absolute Gasteiger partial charge is 0.358 e. The average molecular weight is 205 g/mol. The number of carbonyl (C=O) groups is 1. The molecule has 0 fully saturated rings. The Morgan fingerprint density at radius 3 is 3.07 bits per heavy atom. The van der Waals surface area contributed by atoms with Gasteiger partial charge in [0.05, 0.1) is 18.5 Å². The Morgan fingerprint density at radius 2 is 2.33 bits per heavy atom. The second-order valence-corrected chi connectivity index (χ2v) is 3.12. The second-order valence-electron chi connectivity index (χ2n) is 3.12. The van der Waals surface area contributed by atoms with Crippen LogP contribution in [0.1, 0.15) is 23.1 Å². The molecule has 2 aromatic rings. The molecule has 0 spiro atoms. The maximum Gasteiger partial charge on any atom is 0.358 e. The standard InChI is InChI=1S/C10H11N3O2/c1-3-15-10(14)8-6-13-9(11-8)5-4-7(2)12-13/h4-6H,3H2,1-2H3. The Morgan fingerprint density at radius 1 is 1.53 bits per heavy atom. The first-order chi connectivity index (χ1) is 7.20. The van der Waals surface area contributed by atoms with Crippen LogP contribution >= 0.6 is 0 Å². The largest absolute Gasteiger partial charge is 0.461 e. The minimum absolute atomic E-state index is 0.287. The molecular formula is C10H11N3O2. The normalized spacial score (nSPS) is 10.5. The van der Waals surface area contributed by atoms with Gasteiger partial charge in [0.2, 0.25) is 0 Å². The van der Waals surface area contributed by atoms with E-state index in [1.165, 1.54) is 0 Å². The Balaban J connectivity index is 2.42. The lowest BCUT2D eigenvalue weighted by molar-refractivity contribution is 0.0520. The van der Waals surface area contributed by atoms with Crippen LogP contribution < -0.4 is 0 Å². The average Bonchev–Trinajstić information content (AvgIpc) is 2.60. The Labute approximate surface area is 86.7 Å². The van der Waals surface area contributed by atoms with Gasteiger partial charge in [0.25, 0.3) is 0 Å². The summed E-state index contributed by atoms with van der Waals surface area (Å²) in [5.74, 6) is -0.416. The Hall–Kier alpha value is -1.91. The van der Waals surface area contributed by atoms with Gasteiger partial charge in [0.15, 0.2) is 11.3 Å². The highest BCUT2D eigenvalue weighted by Gasteiger charge is 2.11. The number of imidazole rings is 1. The number of ether oxygens (including phenoxy) is 1. The van der Waals surface area contributed by atoms with Gasteiger partial charge in [-0.15, -0.1) is 0 Å². The van der Waals surface area contributed by atoms with Gasteiger partial charge in [-0.25, -0.2) is 14.3 Å². The Kier molecular flexibility index (Phi) is 2.37. The molecule has 0 amide bonds. The Bertz CT molecular complexity index is 504. The molecular weight excluding hydrogens is 194 g/mol. The summed E-state index contributed by atoms with van der Waals surface area (Å²) in [6.45, 7) is 3.98. The summed E-state index contributed by atoms with van der Waals surface area (Å²) in [6, 6.07) is 3.66. The SMILES string of the molecule is CCOC(=O)c1cn2nc(C)ccc2n1. The van der Waals surface area contributed by atoms with Gasteiger partial charge in [-0.3, -0.25) is 0 Å². The fourth-order valence-corrected chi connectivity index (χ4v) is 1.28. The predicted molar refractivity (Wildman–Crippen MR) is 53.7 cm³/mol. The van der Waals surface area contributed by atoms with Crippen molar-refractivity contribution in [1.82, 2.24) is 14.6 Å². The quantitative estimate of drug-likeness (QED) is 0.691. The molecule has 0 bridgehead atoms. The molecule has 0 N–H and O–H groups in total. The minimum Gasteiger partial charge on any atom is -0.461 e. The molecule has 0 aromatic carbocycles. The third kappa shape index (κ3) is 1.81. The number of rotatable bonds is 2. The van der Waals surface area contributed by atoms with E-state index < -0.39 is 5.97 Å². The summed E-state index contributed by atoms with van der Waals surface area (Å²) in [5.41, 5.74) is 1.80. The molecule has 0 saturated heterocycles. The van der Waals surface area contributed by atoms with Crippen molar-refractivity contribution < 1.29 is 9.53 Å². The molecule has 0 aliphatic rings. The summed E-state index contributed by atoms with van der Waals surface area (Å²) in [6.07, 6.45) is 1.57. The minimum atomic E-state index is -0.416. The van der Waals surface area contributed by atoms with E-state index in [1.807, 2.05) is 19.1 Å². The van der Waals surface area contributed by atoms with E-state index in [9.17, 15) is 4.79 Å². The third-order valence-corrected chi connectivity index (χ3v) is 1.94. The lowest BCUT2D eigenvalue weighted by Gasteiger charge is -1.94. The van der Waals surface area contributed by atoms with Crippen LogP contribution in [0.4, 0.5) is 0 Å². The van der Waals surface area contributed by atoms with Gasteiger partial charge in [-0.2, -0.15) is 5.10 Å². The summed E-state index contributed by atoms with van der Waals surface area (Å²) in [5, 5.41) is 4.19. The number of aryl methyl sites for hydroxylation is 1. The first-order valence-corrected chi connectivity index (χ1v) is 4.71. The second kappa shape index (κ2) is 3.68. The molecule has 78 valence electrons. The van der Waals surface area contributed by atoms with E-state index in [2.05, 4.69) is 10.1 Å². The van der Waals surface area contributed by atoms with Crippen molar-refractivity contribution in [3.63, 3.8) is 0 Å². The number of fused-ring (bicyclic) bond motifs is 1. The highest BCUT2D eigenvalue weighted by atomic mass is 16.5. The monoisotopic (exact) mass is 205 g/mol. The van der Waals surface area contributed by atoms with Crippen molar-refractivity contribution in [2.45, 2.75) is 13.8 Å². The van der Waals surface area contributed by atoms with Gasteiger partial charge in [0.1, 0.15) is 0 Å². The van der Waals surface area contributed by atoms with Crippen molar-refractivity contribution in [2.24, 2.45) is 0 Å². The highest BCUT2D eigenvalue weighted by Crippen LogP contribution is 2.05.